The summed E-state index contributed by atoms with van der Waals surface area (Å²) < 4.78 is 5.39. The van der Waals surface area contributed by atoms with Gasteiger partial charge in [0.2, 0.25) is 0 Å². The maximum Gasteiger partial charge on any atom is 0.410 e. The molecular formula is C15H22N4O4. The summed E-state index contributed by atoms with van der Waals surface area (Å²) in [5.41, 5.74) is -0.550. The Balaban J connectivity index is 2.01. The van der Waals surface area contributed by atoms with E-state index in [2.05, 4.69) is 4.98 Å². The molecular weight excluding hydrogens is 300 g/mol. The van der Waals surface area contributed by atoms with Gasteiger partial charge in [-0.25, -0.2) is 9.78 Å². The number of nitro groups is 1. The molecule has 0 radical (unpaired) electrons. The van der Waals surface area contributed by atoms with Crippen LogP contribution in [0.2, 0.25) is 0 Å². The van der Waals surface area contributed by atoms with Gasteiger partial charge < -0.3 is 14.5 Å². The van der Waals surface area contributed by atoms with Crippen LogP contribution in [0.5, 0.6) is 0 Å². The number of aromatic nitrogens is 1. The number of rotatable bonds is 2. The van der Waals surface area contributed by atoms with Gasteiger partial charge in [-0.2, -0.15) is 0 Å². The molecule has 0 aliphatic carbocycles. The number of ether oxygens (including phenoxy) is 1. The molecule has 1 aromatic rings. The van der Waals surface area contributed by atoms with Gasteiger partial charge in [0.15, 0.2) is 0 Å². The molecule has 1 amide bonds. The van der Waals surface area contributed by atoms with Crippen molar-refractivity contribution >= 4 is 17.6 Å². The second-order valence-corrected chi connectivity index (χ2v) is 6.60. The van der Waals surface area contributed by atoms with Crippen molar-refractivity contribution in [2.45, 2.75) is 39.3 Å². The van der Waals surface area contributed by atoms with Gasteiger partial charge in [0.25, 0.3) is 5.69 Å². The molecule has 1 aliphatic rings. The molecule has 1 aromatic heterocycles. The minimum Gasteiger partial charge on any atom is -0.444 e. The summed E-state index contributed by atoms with van der Waals surface area (Å²) in [6, 6.07) is 3.12. The molecule has 1 saturated heterocycles. The van der Waals surface area contributed by atoms with Crippen molar-refractivity contribution in [1.82, 2.24) is 9.88 Å². The number of hydrogen-bond donors (Lipinski definition) is 0. The molecule has 2 heterocycles. The highest BCUT2D eigenvalue weighted by Crippen LogP contribution is 2.21. The van der Waals surface area contributed by atoms with Gasteiger partial charge in [-0.1, -0.05) is 0 Å². The molecule has 8 heteroatoms. The third kappa shape index (κ3) is 4.30. The Morgan fingerprint density at radius 2 is 2.09 bits per heavy atom. The highest BCUT2D eigenvalue weighted by Gasteiger charge is 2.30. The minimum atomic E-state index is -0.516. The van der Waals surface area contributed by atoms with Crippen LogP contribution in [0.25, 0.3) is 0 Å². The average molecular weight is 322 g/mol. The fourth-order valence-electron chi connectivity index (χ4n) is 2.45. The summed E-state index contributed by atoms with van der Waals surface area (Å²) in [4.78, 5) is 30.2. The van der Waals surface area contributed by atoms with E-state index in [9.17, 15) is 14.9 Å². The van der Waals surface area contributed by atoms with Crippen LogP contribution in [0, 0.1) is 10.1 Å². The molecule has 0 N–H and O–H groups in total. The zero-order valence-corrected chi connectivity index (χ0v) is 13.9. The zero-order valence-electron chi connectivity index (χ0n) is 13.9. The van der Waals surface area contributed by atoms with Crippen molar-refractivity contribution in [3.05, 3.63) is 28.4 Å². The van der Waals surface area contributed by atoms with E-state index in [1.807, 2.05) is 32.6 Å². The minimum absolute atomic E-state index is 0.0335. The van der Waals surface area contributed by atoms with E-state index in [0.717, 1.165) is 0 Å². The first-order valence-electron chi connectivity index (χ1n) is 7.52. The Morgan fingerprint density at radius 1 is 1.39 bits per heavy atom. The lowest BCUT2D eigenvalue weighted by molar-refractivity contribution is -0.385. The molecule has 0 unspecified atom stereocenters. The molecule has 1 fully saturated rings. The molecule has 0 aromatic carbocycles. The van der Waals surface area contributed by atoms with Gasteiger partial charge in [-0.05, 0) is 33.8 Å². The second kappa shape index (κ2) is 6.39. The third-order valence-electron chi connectivity index (χ3n) is 3.52. The van der Waals surface area contributed by atoms with Gasteiger partial charge in [0.1, 0.15) is 17.6 Å². The fourth-order valence-corrected chi connectivity index (χ4v) is 2.45. The van der Waals surface area contributed by atoms with E-state index in [0.29, 0.717) is 25.5 Å². The second-order valence-electron chi connectivity index (χ2n) is 6.60. The van der Waals surface area contributed by atoms with Crippen LogP contribution in [-0.4, -0.2) is 52.2 Å². The van der Waals surface area contributed by atoms with Crippen LogP contribution >= 0.6 is 0 Å². The first kappa shape index (κ1) is 17.0. The molecule has 23 heavy (non-hydrogen) atoms. The lowest BCUT2D eigenvalue weighted by Gasteiger charge is -2.40. The Kier molecular flexibility index (Phi) is 4.72. The van der Waals surface area contributed by atoms with E-state index >= 15 is 0 Å². The molecule has 0 spiro atoms. The molecule has 8 nitrogen and oxygen atoms in total. The van der Waals surface area contributed by atoms with E-state index in [4.69, 9.17) is 4.74 Å². The number of hydrogen-bond acceptors (Lipinski definition) is 6. The Labute approximate surface area is 135 Å². The van der Waals surface area contributed by atoms with E-state index in [-0.39, 0.29) is 17.8 Å². The largest absolute Gasteiger partial charge is 0.444 e. The standard InChI is InChI=1S/C15H22N4O4/c1-11-10-17(14(20)23-15(2,3)4)7-8-18(11)13-6-5-12(9-16-13)19(21)22/h5-6,9,11H,7-8,10H2,1-4H3/t11-/m1/s1. The number of amides is 1. The van der Waals surface area contributed by atoms with Crippen LogP contribution in [0.3, 0.4) is 0 Å². The first-order valence-corrected chi connectivity index (χ1v) is 7.52. The Hall–Kier alpha value is -2.38. The summed E-state index contributed by atoms with van der Waals surface area (Å²) in [7, 11) is 0. The van der Waals surface area contributed by atoms with Crippen LogP contribution in [0.15, 0.2) is 18.3 Å². The SMILES string of the molecule is C[C@@H]1CN(C(=O)OC(C)(C)C)CCN1c1ccc([N+](=O)[O-])cn1. The molecule has 126 valence electrons. The van der Waals surface area contributed by atoms with E-state index < -0.39 is 10.5 Å². The third-order valence-corrected chi connectivity index (χ3v) is 3.52. The predicted molar refractivity (Wildman–Crippen MR) is 85.5 cm³/mol. The van der Waals surface area contributed by atoms with Crippen LogP contribution in [0.1, 0.15) is 27.7 Å². The summed E-state index contributed by atoms with van der Waals surface area (Å²) in [6.07, 6.45) is 0.933. The Morgan fingerprint density at radius 3 is 2.57 bits per heavy atom. The monoisotopic (exact) mass is 322 g/mol. The van der Waals surface area contributed by atoms with Crippen molar-refractivity contribution < 1.29 is 14.5 Å². The fraction of sp³-hybridized carbons (Fsp3) is 0.600. The smallest absolute Gasteiger partial charge is 0.410 e. The molecule has 2 rings (SSSR count). The molecule has 1 atom stereocenters. The number of piperazine rings is 1. The number of pyridine rings is 1. The normalized spacial score (nSPS) is 18.7. The van der Waals surface area contributed by atoms with Gasteiger partial charge in [0.05, 0.1) is 4.92 Å². The van der Waals surface area contributed by atoms with E-state index in [1.165, 1.54) is 12.3 Å². The number of anilines is 1. The molecule has 0 bridgehead atoms. The summed E-state index contributed by atoms with van der Waals surface area (Å²) in [5.74, 6) is 0.673. The first-order chi connectivity index (χ1) is 10.7. The summed E-state index contributed by atoms with van der Waals surface area (Å²) in [6.45, 7) is 9.15. The van der Waals surface area contributed by atoms with Crippen molar-refractivity contribution in [1.29, 1.82) is 0 Å². The highest BCUT2D eigenvalue weighted by atomic mass is 16.6. The van der Waals surface area contributed by atoms with Crippen molar-refractivity contribution in [3.63, 3.8) is 0 Å². The topological polar surface area (TPSA) is 88.8 Å². The average Bonchev–Trinajstić information content (AvgIpc) is 2.45. The molecule has 1 aliphatic heterocycles. The van der Waals surface area contributed by atoms with Crippen molar-refractivity contribution in [2.24, 2.45) is 0 Å². The van der Waals surface area contributed by atoms with Gasteiger partial charge >= 0.3 is 6.09 Å². The predicted octanol–water partition coefficient (Wildman–Crippen LogP) is 2.44. The Bertz CT molecular complexity index is 582. The highest BCUT2D eigenvalue weighted by molar-refractivity contribution is 5.68. The number of carbonyl (C=O) groups is 1. The lowest BCUT2D eigenvalue weighted by Crippen LogP contribution is -2.54. The van der Waals surface area contributed by atoms with Crippen LogP contribution < -0.4 is 4.90 Å². The van der Waals surface area contributed by atoms with Crippen molar-refractivity contribution in [2.75, 3.05) is 24.5 Å². The van der Waals surface area contributed by atoms with Crippen LogP contribution in [0.4, 0.5) is 16.3 Å². The maximum atomic E-state index is 12.1. The van der Waals surface area contributed by atoms with Crippen molar-refractivity contribution in [3.8, 4) is 0 Å². The van der Waals surface area contributed by atoms with Gasteiger partial charge in [0, 0.05) is 31.7 Å². The number of nitrogens with zero attached hydrogens (tertiary/aromatic N) is 4. The van der Waals surface area contributed by atoms with Gasteiger partial charge in [-0.3, -0.25) is 10.1 Å². The quantitative estimate of drug-likeness (QED) is 0.614. The van der Waals surface area contributed by atoms with Gasteiger partial charge in [-0.15, -0.1) is 0 Å². The molecule has 0 saturated carbocycles. The number of carbonyl (C=O) groups excluding carboxylic acids is 1. The van der Waals surface area contributed by atoms with Crippen LogP contribution in [-0.2, 0) is 4.74 Å². The van der Waals surface area contributed by atoms with E-state index in [1.54, 1.807) is 11.0 Å². The lowest BCUT2D eigenvalue weighted by atomic mass is 10.2. The summed E-state index contributed by atoms with van der Waals surface area (Å²) in [5, 5.41) is 10.7. The zero-order chi connectivity index (χ0) is 17.2. The maximum absolute atomic E-state index is 12.1. The summed E-state index contributed by atoms with van der Waals surface area (Å²) >= 11 is 0.